The highest BCUT2D eigenvalue weighted by molar-refractivity contribution is 6.20. The Bertz CT molecular complexity index is 589. The summed E-state index contributed by atoms with van der Waals surface area (Å²) in [6.07, 6.45) is 1.72. The van der Waals surface area contributed by atoms with Gasteiger partial charge in [0, 0.05) is 6.04 Å². The van der Waals surface area contributed by atoms with Crippen LogP contribution in [0, 0.1) is 0 Å². The fourth-order valence-electron chi connectivity index (χ4n) is 2.52. The molecule has 3 rings (SSSR count). The third kappa shape index (κ3) is 1.87. The molecule has 0 saturated carbocycles. The predicted molar refractivity (Wildman–Crippen MR) is 68.5 cm³/mol. The first-order valence-electron chi connectivity index (χ1n) is 5.82. The molecular formula is C12H14ClN3O. The molecule has 2 unspecified atom stereocenters. The van der Waals surface area contributed by atoms with Crippen LogP contribution in [0.1, 0.15) is 18.9 Å². The monoisotopic (exact) mass is 251 g/mol. The first kappa shape index (κ1) is 10.9. The number of H-pyrrole nitrogens is 1. The molecule has 1 fully saturated rings. The Hall–Kier alpha value is -1.26. The van der Waals surface area contributed by atoms with Gasteiger partial charge in [0.25, 0.3) is 0 Å². The molecule has 2 atom stereocenters. The lowest BCUT2D eigenvalue weighted by atomic mass is 10.1. The normalized spacial score (nSPS) is 25.2. The van der Waals surface area contributed by atoms with Crippen LogP contribution in [0.4, 0.5) is 0 Å². The molecule has 1 aliphatic rings. The minimum atomic E-state index is -0.0469. The molecule has 1 aromatic carbocycles. The van der Waals surface area contributed by atoms with Crippen molar-refractivity contribution >= 4 is 22.6 Å². The number of aromatic nitrogens is 2. The second-order valence-corrected chi connectivity index (χ2v) is 4.94. The van der Waals surface area contributed by atoms with E-state index in [1.165, 1.54) is 0 Å². The van der Waals surface area contributed by atoms with Gasteiger partial charge in [0.2, 0.25) is 0 Å². The first-order chi connectivity index (χ1) is 8.25. The Morgan fingerprint density at radius 1 is 1.35 bits per heavy atom. The molecule has 2 aromatic rings. The van der Waals surface area contributed by atoms with Crippen LogP contribution in [-0.2, 0) is 0 Å². The van der Waals surface area contributed by atoms with Gasteiger partial charge < -0.3 is 10.3 Å². The van der Waals surface area contributed by atoms with Crippen molar-refractivity contribution in [3.63, 3.8) is 0 Å². The van der Waals surface area contributed by atoms with Gasteiger partial charge in [-0.05, 0) is 31.5 Å². The smallest absolute Gasteiger partial charge is 0.306 e. The van der Waals surface area contributed by atoms with E-state index in [4.69, 9.17) is 11.6 Å². The van der Waals surface area contributed by atoms with Crippen molar-refractivity contribution in [1.82, 2.24) is 14.9 Å². The summed E-state index contributed by atoms with van der Waals surface area (Å²) >= 11 is 6.10. The number of aromatic amines is 1. The molecule has 4 nitrogen and oxygen atoms in total. The van der Waals surface area contributed by atoms with Crippen LogP contribution >= 0.6 is 11.6 Å². The number of nitrogens with one attached hydrogen (secondary N) is 2. The van der Waals surface area contributed by atoms with Gasteiger partial charge in [0.1, 0.15) is 0 Å². The van der Waals surface area contributed by atoms with Crippen LogP contribution in [0.3, 0.4) is 0 Å². The second kappa shape index (κ2) is 4.20. The lowest BCUT2D eigenvalue weighted by molar-refractivity contribution is 0.349. The van der Waals surface area contributed by atoms with Crippen molar-refractivity contribution < 1.29 is 0 Å². The number of hydrogen-bond donors (Lipinski definition) is 2. The van der Waals surface area contributed by atoms with E-state index in [0.717, 1.165) is 30.4 Å². The van der Waals surface area contributed by atoms with Crippen LogP contribution in [0.15, 0.2) is 29.1 Å². The van der Waals surface area contributed by atoms with Gasteiger partial charge in [0.15, 0.2) is 0 Å². The molecular weight excluding hydrogens is 238 g/mol. The van der Waals surface area contributed by atoms with E-state index < -0.39 is 0 Å². The number of alkyl halides is 1. The number of piperidine rings is 1. The Morgan fingerprint density at radius 3 is 3.00 bits per heavy atom. The molecule has 0 bridgehead atoms. The molecule has 0 amide bonds. The minimum Gasteiger partial charge on any atom is -0.306 e. The van der Waals surface area contributed by atoms with Crippen molar-refractivity contribution in [3.05, 3.63) is 34.7 Å². The third-order valence-electron chi connectivity index (χ3n) is 3.31. The molecule has 0 spiro atoms. The highest BCUT2D eigenvalue weighted by Gasteiger charge is 2.23. The third-order valence-corrected chi connectivity index (χ3v) is 3.64. The molecule has 17 heavy (non-hydrogen) atoms. The molecule has 0 radical (unpaired) electrons. The van der Waals surface area contributed by atoms with E-state index >= 15 is 0 Å². The Balaban J connectivity index is 2.10. The summed E-state index contributed by atoms with van der Waals surface area (Å²) in [5.74, 6) is 0. The van der Waals surface area contributed by atoms with Crippen LogP contribution < -0.4 is 11.0 Å². The molecule has 0 aliphatic carbocycles. The Kier molecular flexibility index (Phi) is 2.68. The number of para-hydroxylation sites is 2. The average molecular weight is 252 g/mol. The van der Waals surface area contributed by atoms with E-state index in [9.17, 15) is 4.79 Å². The summed E-state index contributed by atoms with van der Waals surface area (Å²) in [6, 6.07) is 7.95. The first-order valence-corrected chi connectivity index (χ1v) is 6.26. The molecule has 1 saturated heterocycles. The van der Waals surface area contributed by atoms with Gasteiger partial charge in [-0.2, -0.15) is 0 Å². The van der Waals surface area contributed by atoms with Crippen molar-refractivity contribution in [2.24, 2.45) is 0 Å². The summed E-state index contributed by atoms with van der Waals surface area (Å²) in [7, 11) is 0. The van der Waals surface area contributed by atoms with Gasteiger partial charge in [-0.25, -0.2) is 4.79 Å². The maximum Gasteiger partial charge on any atom is 0.326 e. The summed E-state index contributed by atoms with van der Waals surface area (Å²) in [4.78, 5) is 14.9. The number of nitrogens with zero attached hydrogens (tertiary/aromatic N) is 1. The van der Waals surface area contributed by atoms with Crippen LogP contribution in [0.5, 0.6) is 0 Å². The largest absolute Gasteiger partial charge is 0.326 e. The number of imidazole rings is 1. The predicted octanol–water partition coefficient (Wildman–Crippen LogP) is 1.82. The zero-order valence-corrected chi connectivity index (χ0v) is 10.1. The van der Waals surface area contributed by atoms with Crippen LogP contribution in [0.2, 0.25) is 0 Å². The van der Waals surface area contributed by atoms with Gasteiger partial charge in [-0.1, -0.05) is 12.1 Å². The number of benzene rings is 1. The summed E-state index contributed by atoms with van der Waals surface area (Å²) in [5.41, 5.74) is 1.77. The van der Waals surface area contributed by atoms with Gasteiger partial charge in [-0.15, -0.1) is 11.6 Å². The van der Waals surface area contributed by atoms with Crippen LogP contribution in [0.25, 0.3) is 11.0 Å². The Morgan fingerprint density at radius 2 is 2.18 bits per heavy atom. The van der Waals surface area contributed by atoms with E-state index in [0.29, 0.717) is 0 Å². The number of rotatable bonds is 1. The number of halogens is 1. The molecule has 2 N–H and O–H groups in total. The second-order valence-electron chi connectivity index (χ2n) is 4.42. The highest BCUT2D eigenvalue weighted by atomic mass is 35.5. The quantitative estimate of drug-likeness (QED) is 0.600. The fraction of sp³-hybridized carbons (Fsp3) is 0.417. The molecule has 1 aromatic heterocycles. The molecule has 1 aliphatic heterocycles. The maximum absolute atomic E-state index is 12.0. The summed E-state index contributed by atoms with van der Waals surface area (Å²) in [6.45, 7) is 0.852. The van der Waals surface area contributed by atoms with E-state index in [-0.39, 0.29) is 17.2 Å². The van der Waals surface area contributed by atoms with Crippen molar-refractivity contribution in [3.8, 4) is 0 Å². The standard InChI is InChI=1S/C12H14ClN3O/c13-11-7-8(5-6-14-11)16-10-4-2-1-3-9(10)15-12(16)17/h1-4,8,11,14H,5-7H2,(H,15,17). The Labute approximate surface area is 104 Å². The molecule has 90 valence electrons. The highest BCUT2D eigenvalue weighted by Crippen LogP contribution is 2.25. The lowest BCUT2D eigenvalue weighted by Gasteiger charge is -2.27. The SMILES string of the molecule is O=c1[nH]c2ccccc2n1C1CCNC(Cl)C1. The van der Waals surface area contributed by atoms with Crippen molar-refractivity contribution in [2.45, 2.75) is 24.4 Å². The lowest BCUT2D eigenvalue weighted by Crippen LogP contribution is -2.37. The van der Waals surface area contributed by atoms with Crippen molar-refractivity contribution in [2.75, 3.05) is 6.54 Å². The maximum atomic E-state index is 12.0. The number of fused-ring (bicyclic) bond motifs is 1. The van der Waals surface area contributed by atoms with Crippen LogP contribution in [-0.4, -0.2) is 21.6 Å². The van der Waals surface area contributed by atoms with E-state index in [1.54, 1.807) is 0 Å². The summed E-state index contributed by atoms with van der Waals surface area (Å²) < 4.78 is 1.84. The van der Waals surface area contributed by atoms with Gasteiger partial charge in [0.05, 0.1) is 16.5 Å². The fourth-order valence-corrected chi connectivity index (χ4v) is 2.83. The molecule has 2 heterocycles. The summed E-state index contributed by atoms with van der Waals surface area (Å²) in [5, 5.41) is 3.18. The van der Waals surface area contributed by atoms with E-state index in [2.05, 4.69) is 10.3 Å². The number of hydrogen-bond acceptors (Lipinski definition) is 2. The zero-order valence-electron chi connectivity index (χ0n) is 9.32. The van der Waals surface area contributed by atoms with Gasteiger partial charge >= 0.3 is 5.69 Å². The van der Waals surface area contributed by atoms with Gasteiger partial charge in [-0.3, -0.25) is 4.57 Å². The minimum absolute atomic E-state index is 0.0398. The zero-order chi connectivity index (χ0) is 11.8. The van der Waals surface area contributed by atoms with Crippen molar-refractivity contribution in [1.29, 1.82) is 0 Å². The van der Waals surface area contributed by atoms with E-state index in [1.807, 2.05) is 28.8 Å². The average Bonchev–Trinajstić information content (AvgIpc) is 2.64. The topological polar surface area (TPSA) is 49.8 Å². The molecule has 5 heteroatoms.